The van der Waals surface area contributed by atoms with Crippen LogP contribution >= 0.6 is 15.9 Å². The maximum absolute atomic E-state index is 12.7. The summed E-state index contributed by atoms with van der Waals surface area (Å²) in [5, 5.41) is 3.39. The highest BCUT2D eigenvalue weighted by molar-refractivity contribution is 9.10. The van der Waals surface area contributed by atoms with E-state index in [4.69, 9.17) is 0 Å². The third-order valence-electron chi connectivity index (χ3n) is 3.77. The van der Waals surface area contributed by atoms with Gasteiger partial charge in [-0.05, 0) is 59.9 Å². The van der Waals surface area contributed by atoms with Gasteiger partial charge in [-0.1, -0.05) is 6.92 Å². The third kappa shape index (κ3) is 4.13. The van der Waals surface area contributed by atoms with E-state index in [0.717, 1.165) is 50.7 Å². The summed E-state index contributed by atoms with van der Waals surface area (Å²) >= 11 is 3.30. The molecule has 118 valence electrons. The van der Waals surface area contributed by atoms with Crippen molar-refractivity contribution in [2.24, 2.45) is 0 Å². The fraction of sp³-hybridized carbons (Fsp3) is 0.600. The Morgan fingerprint density at radius 1 is 1.38 bits per heavy atom. The van der Waals surface area contributed by atoms with E-state index in [-0.39, 0.29) is 0 Å². The lowest BCUT2D eigenvalue weighted by Gasteiger charge is -2.28. The first kappa shape index (κ1) is 16.6. The number of nitrogens with zero attached hydrogens (tertiary/aromatic N) is 1. The van der Waals surface area contributed by atoms with E-state index in [1.807, 2.05) is 0 Å². The van der Waals surface area contributed by atoms with Crippen molar-refractivity contribution in [3.63, 3.8) is 0 Å². The van der Waals surface area contributed by atoms with Crippen LogP contribution in [-0.2, 0) is 6.18 Å². The van der Waals surface area contributed by atoms with Crippen molar-refractivity contribution < 1.29 is 13.2 Å². The van der Waals surface area contributed by atoms with Crippen LogP contribution < -0.4 is 10.2 Å². The maximum atomic E-state index is 12.7. The van der Waals surface area contributed by atoms with E-state index in [1.54, 1.807) is 6.07 Å². The van der Waals surface area contributed by atoms with Gasteiger partial charge < -0.3 is 10.2 Å². The normalized spacial score (nSPS) is 19.3. The molecule has 0 aromatic heterocycles. The molecule has 1 N–H and O–H groups in total. The first-order valence-corrected chi connectivity index (χ1v) is 8.07. The highest BCUT2D eigenvalue weighted by Crippen LogP contribution is 2.37. The summed E-state index contributed by atoms with van der Waals surface area (Å²) in [6, 6.07) is 4.26. The Morgan fingerprint density at radius 3 is 2.76 bits per heavy atom. The summed E-state index contributed by atoms with van der Waals surface area (Å²) in [4.78, 5) is 2.20. The van der Waals surface area contributed by atoms with Crippen molar-refractivity contribution in [3.05, 3.63) is 28.2 Å². The number of hydrogen-bond donors (Lipinski definition) is 1. The first-order valence-electron chi connectivity index (χ1n) is 7.27. The lowest BCUT2D eigenvalue weighted by molar-refractivity contribution is -0.137. The molecule has 6 heteroatoms. The number of benzene rings is 1. The zero-order chi connectivity index (χ0) is 15.5. The van der Waals surface area contributed by atoms with Crippen molar-refractivity contribution in [2.45, 2.75) is 38.4 Å². The van der Waals surface area contributed by atoms with Crippen molar-refractivity contribution >= 4 is 21.6 Å². The molecule has 0 saturated carbocycles. The number of anilines is 1. The molecule has 1 heterocycles. The van der Waals surface area contributed by atoms with Crippen molar-refractivity contribution in [2.75, 3.05) is 24.5 Å². The topological polar surface area (TPSA) is 15.3 Å². The standard InChI is InChI=1S/C15H20BrF3N2/c1-2-7-20-10-12-4-3-8-21(12)14-6-5-11(9-13(14)16)15(17,18)19/h5-6,9,12,20H,2-4,7-8,10H2,1H3. The number of alkyl halides is 3. The van der Waals surface area contributed by atoms with Crippen LogP contribution in [0.1, 0.15) is 31.7 Å². The predicted molar refractivity (Wildman–Crippen MR) is 82.7 cm³/mol. The summed E-state index contributed by atoms with van der Waals surface area (Å²) in [6.07, 6.45) is -1.07. The molecule has 0 amide bonds. The quantitative estimate of drug-likeness (QED) is 0.777. The Balaban J connectivity index is 2.13. The largest absolute Gasteiger partial charge is 0.416 e. The molecule has 0 spiro atoms. The Morgan fingerprint density at radius 2 is 2.14 bits per heavy atom. The van der Waals surface area contributed by atoms with Crippen LogP contribution in [-0.4, -0.2) is 25.7 Å². The Labute approximate surface area is 131 Å². The molecule has 2 nitrogen and oxygen atoms in total. The second kappa shape index (κ2) is 7.01. The molecule has 1 unspecified atom stereocenters. The molecule has 1 aliphatic heterocycles. The fourth-order valence-electron chi connectivity index (χ4n) is 2.73. The molecule has 1 aromatic rings. The minimum absolute atomic E-state index is 0.351. The van der Waals surface area contributed by atoms with Gasteiger partial charge in [-0.25, -0.2) is 0 Å². The third-order valence-corrected chi connectivity index (χ3v) is 4.40. The molecule has 1 saturated heterocycles. The van der Waals surface area contributed by atoms with Gasteiger partial charge in [0, 0.05) is 23.6 Å². The van der Waals surface area contributed by atoms with Crippen LogP contribution in [0.2, 0.25) is 0 Å². The van der Waals surface area contributed by atoms with Crippen LogP contribution in [0.3, 0.4) is 0 Å². The van der Waals surface area contributed by atoms with E-state index >= 15 is 0 Å². The number of halogens is 4. The number of nitrogens with one attached hydrogen (secondary N) is 1. The SMILES string of the molecule is CCCNCC1CCCN1c1ccc(C(F)(F)F)cc1Br. The van der Waals surface area contributed by atoms with Crippen LogP contribution in [0.15, 0.2) is 22.7 Å². The molecule has 21 heavy (non-hydrogen) atoms. The molecule has 0 bridgehead atoms. The molecular weight excluding hydrogens is 345 g/mol. The van der Waals surface area contributed by atoms with Crippen molar-refractivity contribution in [1.82, 2.24) is 5.32 Å². The van der Waals surface area contributed by atoms with Crippen LogP contribution in [0.4, 0.5) is 18.9 Å². The summed E-state index contributed by atoms with van der Waals surface area (Å²) in [7, 11) is 0. The van der Waals surface area contributed by atoms with E-state index in [2.05, 4.69) is 33.1 Å². The zero-order valence-corrected chi connectivity index (χ0v) is 13.6. The monoisotopic (exact) mass is 364 g/mol. The van der Waals surface area contributed by atoms with Gasteiger partial charge in [0.1, 0.15) is 0 Å². The maximum Gasteiger partial charge on any atom is 0.416 e. The van der Waals surface area contributed by atoms with Gasteiger partial charge >= 0.3 is 6.18 Å². The molecule has 0 radical (unpaired) electrons. The van der Waals surface area contributed by atoms with Gasteiger partial charge in [-0.15, -0.1) is 0 Å². The van der Waals surface area contributed by atoms with Gasteiger partial charge in [-0.2, -0.15) is 13.2 Å². The molecule has 0 aliphatic carbocycles. The smallest absolute Gasteiger partial charge is 0.366 e. The Bertz CT molecular complexity index is 476. The lowest BCUT2D eigenvalue weighted by Crippen LogP contribution is -2.38. The molecule has 1 aromatic carbocycles. The first-order chi connectivity index (χ1) is 9.93. The lowest BCUT2D eigenvalue weighted by atomic mass is 10.1. The molecule has 2 rings (SSSR count). The fourth-order valence-corrected chi connectivity index (χ4v) is 3.33. The van der Waals surface area contributed by atoms with Gasteiger partial charge in [0.25, 0.3) is 0 Å². The summed E-state index contributed by atoms with van der Waals surface area (Å²) in [6.45, 7) is 4.86. The van der Waals surface area contributed by atoms with Crippen LogP contribution in [0.25, 0.3) is 0 Å². The van der Waals surface area contributed by atoms with Crippen LogP contribution in [0.5, 0.6) is 0 Å². The van der Waals surface area contributed by atoms with Gasteiger partial charge in [0.05, 0.1) is 11.3 Å². The Kier molecular flexibility index (Phi) is 5.54. The van der Waals surface area contributed by atoms with E-state index in [9.17, 15) is 13.2 Å². The predicted octanol–water partition coefficient (Wildman–Crippen LogP) is 4.44. The van der Waals surface area contributed by atoms with E-state index < -0.39 is 11.7 Å². The van der Waals surface area contributed by atoms with Crippen molar-refractivity contribution in [3.8, 4) is 0 Å². The molecular formula is C15H20BrF3N2. The van der Waals surface area contributed by atoms with Crippen LogP contribution in [0, 0.1) is 0 Å². The van der Waals surface area contributed by atoms with E-state index in [1.165, 1.54) is 6.07 Å². The highest BCUT2D eigenvalue weighted by atomic mass is 79.9. The number of rotatable bonds is 5. The summed E-state index contributed by atoms with van der Waals surface area (Å²) in [5.74, 6) is 0. The van der Waals surface area contributed by atoms with Gasteiger partial charge in [0.2, 0.25) is 0 Å². The highest BCUT2D eigenvalue weighted by Gasteiger charge is 2.32. The molecule has 1 atom stereocenters. The van der Waals surface area contributed by atoms with Gasteiger partial charge in [0.15, 0.2) is 0 Å². The average molecular weight is 365 g/mol. The summed E-state index contributed by atoms with van der Waals surface area (Å²) in [5.41, 5.74) is 0.238. The molecule has 1 aliphatic rings. The Hall–Kier alpha value is -0.750. The molecule has 1 fully saturated rings. The minimum atomic E-state index is -4.30. The minimum Gasteiger partial charge on any atom is -0.366 e. The van der Waals surface area contributed by atoms with Gasteiger partial charge in [-0.3, -0.25) is 0 Å². The number of hydrogen-bond acceptors (Lipinski definition) is 2. The summed E-state index contributed by atoms with van der Waals surface area (Å²) < 4.78 is 38.7. The second-order valence-corrected chi connectivity index (χ2v) is 6.21. The average Bonchev–Trinajstić information content (AvgIpc) is 2.86. The van der Waals surface area contributed by atoms with E-state index in [0.29, 0.717) is 10.5 Å². The zero-order valence-electron chi connectivity index (χ0n) is 12.0. The van der Waals surface area contributed by atoms with Crippen molar-refractivity contribution in [1.29, 1.82) is 0 Å². The second-order valence-electron chi connectivity index (χ2n) is 5.36.